The molecule has 3 fully saturated rings. The van der Waals surface area contributed by atoms with E-state index in [1.54, 1.807) is 34.6 Å². The second kappa shape index (κ2) is 13.0. The maximum Gasteiger partial charge on any atom is 0.248 e. The second-order valence-corrected chi connectivity index (χ2v) is 14.8. The first kappa shape index (κ1) is 32.2. The van der Waals surface area contributed by atoms with Crippen molar-refractivity contribution in [2.75, 3.05) is 24.2 Å². The molecule has 43 heavy (non-hydrogen) atoms. The molecular weight excluding hydrogens is 601 g/mol. The lowest BCUT2D eigenvalue weighted by atomic mass is 9.68. The maximum atomic E-state index is 15.3. The van der Waals surface area contributed by atoms with Crippen molar-refractivity contribution in [3.05, 3.63) is 64.4 Å². The van der Waals surface area contributed by atoms with Crippen molar-refractivity contribution >= 4 is 33.2 Å². The second-order valence-electron chi connectivity index (χ2n) is 12.3. The highest BCUT2D eigenvalue weighted by atomic mass is 35.5. The number of alkyl halides is 2. The SMILES string of the molecule is CCC1CNC2CCCS(=O)(=O)N(C2)C1CCc1c(F)cccc1NC(=O)C(N)C(c1ccc(Cl)cc1)C1CC(F)(F)C1. The van der Waals surface area contributed by atoms with Gasteiger partial charge in [0.15, 0.2) is 0 Å². The van der Waals surface area contributed by atoms with Gasteiger partial charge in [0.1, 0.15) is 5.82 Å². The molecule has 3 aliphatic rings. The van der Waals surface area contributed by atoms with Crippen LogP contribution < -0.4 is 16.4 Å². The van der Waals surface area contributed by atoms with Gasteiger partial charge >= 0.3 is 0 Å². The third kappa shape index (κ3) is 7.22. The molecule has 7 nitrogen and oxygen atoms in total. The summed E-state index contributed by atoms with van der Waals surface area (Å²) in [5, 5.41) is 6.77. The molecule has 2 aromatic carbocycles. The number of amides is 1. The fraction of sp³-hybridized carbons (Fsp3) is 0.581. The molecule has 12 heteroatoms. The molecule has 236 valence electrons. The number of anilines is 1. The molecule has 6 unspecified atom stereocenters. The van der Waals surface area contributed by atoms with Gasteiger partial charge in [0.2, 0.25) is 21.9 Å². The van der Waals surface area contributed by atoms with Crippen LogP contribution in [0.4, 0.5) is 18.9 Å². The quantitative estimate of drug-likeness (QED) is 0.345. The number of halogens is 4. The van der Waals surface area contributed by atoms with Crippen LogP contribution in [-0.4, -0.2) is 61.5 Å². The van der Waals surface area contributed by atoms with E-state index in [2.05, 4.69) is 10.6 Å². The summed E-state index contributed by atoms with van der Waals surface area (Å²) in [6.45, 7) is 3.10. The molecule has 2 saturated heterocycles. The maximum absolute atomic E-state index is 15.3. The molecule has 4 N–H and O–H groups in total. The number of fused-ring (bicyclic) bond motifs is 2. The Kier molecular flexibility index (Phi) is 9.78. The topological polar surface area (TPSA) is 105 Å². The van der Waals surface area contributed by atoms with Crippen molar-refractivity contribution in [2.45, 2.75) is 81.8 Å². The van der Waals surface area contributed by atoms with Gasteiger partial charge in [-0.1, -0.05) is 43.1 Å². The zero-order valence-electron chi connectivity index (χ0n) is 24.2. The average molecular weight is 641 g/mol. The zero-order chi connectivity index (χ0) is 30.9. The summed E-state index contributed by atoms with van der Waals surface area (Å²) in [5.74, 6) is -4.96. The number of hydrogen-bond acceptors (Lipinski definition) is 5. The van der Waals surface area contributed by atoms with Gasteiger partial charge in [-0.2, -0.15) is 4.31 Å². The molecule has 2 bridgehead atoms. The standard InChI is InChI=1S/C31H40ClF3N4O3S/c1-2-19-17-37-23-5-4-14-43(41,42)39(18-23)27(19)13-12-24-25(33)6-3-7-26(24)38-30(40)29(36)28(21-15-31(34,35)16-21)20-8-10-22(32)11-9-20/h3,6-11,19,21,23,27-29,37H,2,4-5,12-18,36H2,1H3,(H,38,40). The predicted octanol–water partition coefficient (Wildman–Crippen LogP) is 5.30. The van der Waals surface area contributed by atoms with Gasteiger partial charge in [-0.25, -0.2) is 21.6 Å². The van der Waals surface area contributed by atoms with Gasteiger partial charge in [-0.05, 0) is 73.9 Å². The Morgan fingerprint density at radius 3 is 2.60 bits per heavy atom. The van der Waals surface area contributed by atoms with E-state index >= 15 is 4.39 Å². The summed E-state index contributed by atoms with van der Waals surface area (Å²) in [7, 11) is -3.46. The van der Waals surface area contributed by atoms with Gasteiger partial charge in [-0.3, -0.25) is 4.79 Å². The van der Waals surface area contributed by atoms with Crippen molar-refractivity contribution in [2.24, 2.45) is 17.6 Å². The fourth-order valence-electron chi connectivity index (χ4n) is 7.07. The summed E-state index contributed by atoms with van der Waals surface area (Å²) in [6, 6.07) is 9.63. The van der Waals surface area contributed by atoms with Gasteiger partial charge in [0, 0.05) is 53.7 Å². The largest absolute Gasteiger partial charge is 0.324 e. The molecule has 2 heterocycles. The van der Waals surface area contributed by atoms with E-state index in [0.717, 1.165) is 12.8 Å². The van der Waals surface area contributed by atoms with Crippen LogP contribution >= 0.6 is 11.6 Å². The minimum atomic E-state index is -3.46. The molecule has 0 spiro atoms. The first-order valence-electron chi connectivity index (χ1n) is 15.1. The van der Waals surface area contributed by atoms with Crippen LogP contribution in [0.25, 0.3) is 0 Å². The van der Waals surface area contributed by atoms with E-state index in [1.807, 2.05) is 6.92 Å². The molecule has 0 aromatic heterocycles. The molecule has 6 atom stereocenters. The first-order chi connectivity index (χ1) is 20.4. The number of sulfonamides is 1. The van der Waals surface area contributed by atoms with Crippen LogP contribution in [0.15, 0.2) is 42.5 Å². The van der Waals surface area contributed by atoms with Gasteiger partial charge < -0.3 is 16.4 Å². The minimum absolute atomic E-state index is 0.0526. The van der Waals surface area contributed by atoms with E-state index in [0.29, 0.717) is 36.5 Å². The lowest BCUT2D eigenvalue weighted by molar-refractivity contribution is -0.128. The summed E-state index contributed by atoms with van der Waals surface area (Å²) in [6.07, 6.45) is 1.98. The summed E-state index contributed by atoms with van der Waals surface area (Å²) in [5.41, 5.74) is 7.59. The van der Waals surface area contributed by atoms with E-state index in [-0.39, 0.29) is 54.3 Å². The Morgan fingerprint density at radius 2 is 1.93 bits per heavy atom. The monoisotopic (exact) mass is 640 g/mol. The number of nitrogens with one attached hydrogen (secondary N) is 2. The third-order valence-corrected chi connectivity index (χ3v) is 11.7. The van der Waals surface area contributed by atoms with E-state index in [1.165, 1.54) is 12.1 Å². The van der Waals surface area contributed by atoms with Crippen LogP contribution in [0, 0.1) is 17.7 Å². The lowest BCUT2D eigenvalue weighted by Crippen LogP contribution is -2.49. The number of rotatable bonds is 9. The molecule has 2 aliphatic heterocycles. The lowest BCUT2D eigenvalue weighted by Gasteiger charge is -2.42. The smallest absolute Gasteiger partial charge is 0.248 e. The van der Waals surface area contributed by atoms with Crippen LogP contribution in [-0.2, 0) is 21.2 Å². The third-order valence-electron chi connectivity index (χ3n) is 9.46. The van der Waals surface area contributed by atoms with Crippen molar-refractivity contribution in [1.29, 1.82) is 0 Å². The van der Waals surface area contributed by atoms with Gasteiger partial charge in [0.05, 0.1) is 11.8 Å². The Bertz CT molecular complexity index is 1400. The van der Waals surface area contributed by atoms with E-state index < -0.39 is 45.5 Å². The number of nitrogens with two attached hydrogens (primary N) is 1. The predicted molar refractivity (Wildman–Crippen MR) is 162 cm³/mol. The van der Waals surface area contributed by atoms with Crippen LogP contribution in [0.5, 0.6) is 0 Å². The van der Waals surface area contributed by atoms with E-state index in [4.69, 9.17) is 17.3 Å². The molecule has 5 rings (SSSR count). The van der Waals surface area contributed by atoms with E-state index in [9.17, 15) is 22.0 Å². The molecular formula is C31H40ClF3N4O3S. The molecule has 1 aliphatic carbocycles. The fourth-order valence-corrected chi connectivity index (χ4v) is 9.05. The molecule has 2 aromatic rings. The molecule has 0 radical (unpaired) electrons. The highest BCUT2D eigenvalue weighted by Crippen LogP contribution is 2.50. The number of carbonyl (C=O) groups excluding carboxylic acids is 1. The van der Waals surface area contributed by atoms with Crippen molar-refractivity contribution in [1.82, 2.24) is 9.62 Å². The Hall–Kier alpha value is -2.18. The first-order valence-corrected chi connectivity index (χ1v) is 17.1. The summed E-state index contributed by atoms with van der Waals surface area (Å²) >= 11 is 6.03. The minimum Gasteiger partial charge on any atom is -0.324 e. The Balaban J connectivity index is 1.36. The van der Waals surface area contributed by atoms with Gasteiger partial charge in [-0.15, -0.1) is 0 Å². The van der Waals surface area contributed by atoms with Gasteiger partial charge in [0.25, 0.3) is 0 Å². The highest BCUT2D eigenvalue weighted by molar-refractivity contribution is 7.89. The highest BCUT2D eigenvalue weighted by Gasteiger charge is 2.51. The normalized spacial score (nSPS) is 28.1. The Morgan fingerprint density at radius 1 is 1.21 bits per heavy atom. The van der Waals surface area contributed by atoms with Crippen LogP contribution in [0.2, 0.25) is 5.02 Å². The zero-order valence-corrected chi connectivity index (χ0v) is 25.8. The number of benzene rings is 2. The number of nitrogens with zero attached hydrogens (tertiary/aromatic N) is 1. The Labute approximate surface area is 256 Å². The van der Waals surface area contributed by atoms with Crippen LogP contribution in [0.3, 0.4) is 0 Å². The summed E-state index contributed by atoms with van der Waals surface area (Å²) < 4.78 is 71.1. The average Bonchev–Trinajstić information content (AvgIpc) is 3.21. The number of carbonyl (C=O) groups is 1. The van der Waals surface area contributed by atoms with Crippen LogP contribution in [0.1, 0.15) is 62.5 Å². The molecule has 1 amide bonds. The van der Waals surface area contributed by atoms with Crippen molar-refractivity contribution in [3.63, 3.8) is 0 Å². The van der Waals surface area contributed by atoms with Crippen molar-refractivity contribution < 1.29 is 26.4 Å². The number of hydrogen-bond donors (Lipinski definition) is 3. The molecule has 1 saturated carbocycles. The summed E-state index contributed by atoms with van der Waals surface area (Å²) in [4.78, 5) is 13.5. The van der Waals surface area contributed by atoms with Crippen molar-refractivity contribution in [3.8, 4) is 0 Å².